The summed E-state index contributed by atoms with van der Waals surface area (Å²) in [5.41, 5.74) is 7.68. The normalized spacial score (nSPS) is 19.8. The molecule has 3 aliphatic heterocycles. The van der Waals surface area contributed by atoms with Crippen molar-refractivity contribution < 1.29 is 37.1 Å². The number of amides is 3. The number of nitrogens with one attached hydrogen (secondary N) is 2. The second-order valence-electron chi connectivity index (χ2n) is 19.1. The number of aryl methyl sites for hydroxylation is 2. The predicted molar refractivity (Wildman–Crippen MR) is 269 cm³/mol. The number of imidazole rings is 1. The smallest absolute Gasteiger partial charge is 0.407 e. The molecule has 2 aromatic carbocycles. The standard InChI is InChI=1S/C48H64F3N15O5S/c1-47(2,3)71-45(67)53-18-10-17-48(32-13-8-7-9-14-32)66(59-43(72-48)34-27-33(49)15-16-35(34)50)46(68)61(5)70-26-12-20-63-24-22-62(23-25-63)19-11-21-65-30-38(42(58-65)69-6)55-40-39-41(60(4)31-54-39)57-44(56-40)64-28-36(51)37(52)29-64/h7-9,13-16,27,30-31,36-37H,10-12,17-26,28-29,52H2,1-6H3,(H,53,67)(H,55,56,57)/t36-,37?,48+/m1/s1. The van der Waals surface area contributed by atoms with Crippen LogP contribution in [0.5, 0.6) is 5.88 Å². The van der Waals surface area contributed by atoms with Crippen molar-refractivity contribution in [1.29, 1.82) is 0 Å². The van der Waals surface area contributed by atoms with E-state index < -0.39 is 46.4 Å². The molecule has 3 aromatic heterocycles. The van der Waals surface area contributed by atoms with Gasteiger partial charge >= 0.3 is 12.1 Å². The molecule has 24 heteroatoms. The summed E-state index contributed by atoms with van der Waals surface area (Å²) in [6.07, 6.45) is 3.97. The van der Waals surface area contributed by atoms with Gasteiger partial charge in [-0.3, -0.25) is 9.52 Å². The fourth-order valence-corrected chi connectivity index (χ4v) is 10.2. The van der Waals surface area contributed by atoms with Gasteiger partial charge < -0.3 is 45.1 Å². The monoisotopic (exact) mass is 1020 g/mol. The molecule has 72 heavy (non-hydrogen) atoms. The SMILES string of the molecule is COc1nn(CCCN2CCN(CCCON(C)C(=O)N3N=C(c4cc(F)ccc4F)S[C@@]3(CCCNC(=O)OC(C)(C)C)c3ccccc3)CC2)cc1Nc1nc(N2CC(N)[C@H](F)C2)nc2c1ncn2C. The second-order valence-corrected chi connectivity index (χ2v) is 20.3. The lowest BCUT2D eigenvalue weighted by molar-refractivity contribution is -0.113. The highest BCUT2D eigenvalue weighted by atomic mass is 32.2. The number of benzene rings is 2. The van der Waals surface area contributed by atoms with Crippen LogP contribution in [0.3, 0.4) is 0 Å². The number of nitrogens with zero attached hydrogens (tertiary/aromatic N) is 12. The van der Waals surface area contributed by atoms with Gasteiger partial charge in [0.05, 0.1) is 38.8 Å². The van der Waals surface area contributed by atoms with E-state index in [1.165, 1.54) is 12.1 Å². The van der Waals surface area contributed by atoms with Crippen LogP contribution in [0.4, 0.5) is 40.2 Å². The number of nitrogens with two attached hydrogens (primary N) is 1. The largest absolute Gasteiger partial charge is 0.478 e. The van der Waals surface area contributed by atoms with Crippen molar-refractivity contribution in [3.63, 3.8) is 0 Å². The topological polar surface area (TPSA) is 202 Å². The Morgan fingerprint density at radius 3 is 2.42 bits per heavy atom. The van der Waals surface area contributed by atoms with E-state index in [1.54, 1.807) is 43.7 Å². The summed E-state index contributed by atoms with van der Waals surface area (Å²) >= 11 is 1.15. The van der Waals surface area contributed by atoms with Gasteiger partial charge in [0, 0.05) is 72.0 Å². The van der Waals surface area contributed by atoms with Crippen molar-refractivity contribution in [2.75, 3.05) is 89.9 Å². The molecule has 20 nitrogen and oxygen atoms in total. The number of hydrogen-bond donors (Lipinski definition) is 3. The Bertz CT molecular complexity index is 2690. The van der Waals surface area contributed by atoms with Gasteiger partial charge in [-0.05, 0) is 76.8 Å². The Kier molecular flexibility index (Phi) is 16.4. The Hall–Kier alpha value is -6.21. The molecule has 5 aromatic rings. The fraction of sp³-hybridized carbons (Fsp3) is 0.521. The van der Waals surface area contributed by atoms with E-state index in [4.69, 9.17) is 25.0 Å². The fourth-order valence-electron chi connectivity index (χ4n) is 8.81. The number of alkyl carbamates (subject to hydrolysis) is 1. The van der Waals surface area contributed by atoms with E-state index in [9.17, 15) is 18.4 Å². The van der Waals surface area contributed by atoms with Crippen molar-refractivity contribution in [1.82, 2.24) is 54.5 Å². The van der Waals surface area contributed by atoms with Gasteiger partial charge in [0.25, 0.3) is 5.88 Å². The van der Waals surface area contributed by atoms with Crippen LogP contribution in [0, 0.1) is 11.6 Å². The number of halogens is 3. The number of alkyl halides is 1. The zero-order chi connectivity index (χ0) is 51.2. The molecule has 8 rings (SSSR count). The van der Waals surface area contributed by atoms with Gasteiger partial charge in [0.1, 0.15) is 39.0 Å². The number of hydroxylamine groups is 2. The summed E-state index contributed by atoms with van der Waals surface area (Å²) in [5, 5.41) is 18.0. The number of carbonyl (C=O) groups excluding carboxylic acids is 2. The Morgan fingerprint density at radius 1 is 0.986 bits per heavy atom. The van der Waals surface area contributed by atoms with Crippen molar-refractivity contribution in [3.8, 4) is 5.88 Å². The first-order chi connectivity index (χ1) is 34.5. The van der Waals surface area contributed by atoms with Gasteiger partial charge in [-0.25, -0.2) is 32.8 Å². The number of thioether (sulfide) groups is 1. The average molecular weight is 1020 g/mol. The number of fused-ring (bicyclic) bond motifs is 1. The van der Waals surface area contributed by atoms with Crippen LogP contribution < -0.4 is 26.0 Å². The molecule has 4 N–H and O–H groups in total. The summed E-state index contributed by atoms with van der Waals surface area (Å²) in [7, 11) is 4.91. The zero-order valence-corrected chi connectivity index (χ0v) is 42.4. The Morgan fingerprint density at radius 2 is 1.72 bits per heavy atom. The van der Waals surface area contributed by atoms with E-state index in [0.29, 0.717) is 66.0 Å². The number of hydrazone groups is 1. The number of rotatable bonds is 19. The van der Waals surface area contributed by atoms with Crippen LogP contribution in [0.1, 0.15) is 57.6 Å². The maximum atomic E-state index is 15.3. The van der Waals surface area contributed by atoms with Gasteiger partial charge in [0.2, 0.25) is 5.95 Å². The molecule has 3 atom stereocenters. The van der Waals surface area contributed by atoms with Crippen LogP contribution in [0.2, 0.25) is 0 Å². The molecule has 2 fully saturated rings. The van der Waals surface area contributed by atoms with Gasteiger partial charge in [-0.1, -0.05) is 42.1 Å². The molecule has 3 amide bonds. The lowest BCUT2D eigenvalue weighted by Gasteiger charge is -2.37. The number of ether oxygens (including phenoxy) is 2. The van der Waals surface area contributed by atoms with Crippen molar-refractivity contribution >= 4 is 57.5 Å². The number of hydrogen-bond acceptors (Lipinski definition) is 16. The minimum Gasteiger partial charge on any atom is -0.478 e. The van der Waals surface area contributed by atoms with Crippen LogP contribution >= 0.6 is 11.8 Å². The summed E-state index contributed by atoms with van der Waals surface area (Å²) in [6, 6.07) is 11.2. The van der Waals surface area contributed by atoms with E-state index in [-0.39, 0.29) is 36.7 Å². The van der Waals surface area contributed by atoms with Crippen LogP contribution in [-0.4, -0.2) is 164 Å². The number of urea groups is 1. The molecule has 388 valence electrons. The molecule has 1 unspecified atom stereocenters. The molecule has 0 saturated carbocycles. The van der Waals surface area contributed by atoms with Crippen LogP contribution in [0.15, 0.2) is 66.2 Å². The van der Waals surface area contributed by atoms with Crippen molar-refractivity contribution in [2.24, 2.45) is 17.9 Å². The van der Waals surface area contributed by atoms with E-state index in [2.05, 4.69) is 40.6 Å². The highest BCUT2D eigenvalue weighted by Gasteiger charge is 2.50. The van der Waals surface area contributed by atoms with Crippen LogP contribution in [-0.2, 0) is 28.0 Å². The zero-order valence-electron chi connectivity index (χ0n) is 41.6. The highest BCUT2D eigenvalue weighted by molar-refractivity contribution is 8.15. The van der Waals surface area contributed by atoms with E-state index in [1.807, 2.05) is 48.3 Å². The lowest BCUT2D eigenvalue weighted by atomic mass is 10.0. The van der Waals surface area contributed by atoms with E-state index in [0.717, 1.165) is 80.7 Å². The molecular weight excluding hydrogens is 956 g/mol. The number of methoxy groups -OCH3 is 1. The molecule has 0 bridgehead atoms. The number of anilines is 3. The summed E-state index contributed by atoms with van der Waals surface area (Å²) in [4.78, 5) is 52.1. The van der Waals surface area contributed by atoms with Crippen LogP contribution in [0.25, 0.3) is 11.2 Å². The number of aromatic nitrogens is 6. The third-order valence-corrected chi connectivity index (χ3v) is 14.0. The number of carbonyl (C=O) groups is 2. The molecule has 0 spiro atoms. The Labute approximate surface area is 421 Å². The molecule has 2 saturated heterocycles. The van der Waals surface area contributed by atoms with Crippen molar-refractivity contribution in [2.45, 2.75) is 75.7 Å². The molecule has 0 aliphatic carbocycles. The first-order valence-corrected chi connectivity index (χ1v) is 24.9. The third-order valence-electron chi connectivity index (χ3n) is 12.5. The van der Waals surface area contributed by atoms with Crippen molar-refractivity contribution in [3.05, 3.63) is 83.8 Å². The van der Waals surface area contributed by atoms with Gasteiger partial charge in [-0.15, -0.1) is 5.10 Å². The van der Waals surface area contributed by atoms with Gasteiger partial charge in [0.15, 0.2) is 17.0 Å². The van der Waals surface area contributed by atoms with E-state index >= 15 is 4.39 Å². The van der Waals surface area contributed by atoms with Gasteiger partial charge in [-0.2, -0.15) is 20.1 Å². The molecular formula is C48H64F3N15O5S. The summed E-state index contributed by atoms with van der Waals surface area (Å²) in [6.45, 7) is 12.0. The first kappa shape index (κ1) is 52.1. The summed E-state index contributed by atoms with van der Waals surface area (Å²) < 4.78 is 58.8. The minimum atomic E-state index is -1.20. The second kappa shape index (κ2) is 22.7. The third kappa shape index (κ3) is 12.3. The quantitative estimate of drug-likeness (QED) is 0.0640. The first-order valence-electron chi connectivity index (χ1n) is 24.1. The molecule has 6 heterocycles. The number of piperazine rings is 1. The minimum absolute atomic E-state index is 0.0709. The highest BCUT2D eigenvalue weighted by Crippen LogP contribution is 2.51. The maximum Gasteiger partial charge on any atom is 0.407 e. The Balaban J connectivity index is 0.820. The average Bonchev–Trinajstić information content (AvgIpc) is 4.14. The predicted octanol–water partition coefficient (Wildman–Crippen LogP) is 6.03. The molecule has 3 aliphatic rings. The lowest BCUT2D eigenvalue weighted by Crippen LogP contribution is -2.48. The summed E-state index contributed by atoms with van der Waals surface area (Å²) in [5.74, 6) is -0.109. The maximum absolute atomic E-state index is 15.3. The molecule has 0 radical (unpaired) electrons.